The minimum absolute atomic E-state index is 0.0781. The highest BCUT2D eigenvalue weighted by molar-refractivity contribution is 5.37. The Kier molecular flexibility index (Phi) is 6.63. The van der Waals surface area contributed by atoms with E-state index in [1.54, 1.807) is 12.1 Å². The van der Waals surface area contributed by atoms with Crippen molar-refractivity contribution in [2.45, 2.75) is 31.3 Å². The molecule has 1 aliphatic rings. The quantitative estimate of drug-likeness (QED) is 0.354. The van der Waals surface area contributed by atoms with Crippen LogP contribution in [-0.4, -0.2) is 29.5 Å². The Balaban J connectivity index is 1.41. The van der Waals surface area contributed by atoms with Gasteiger partial charge in [0.1, 0.15) is 11.4 Å². The predicted octanol–water partition coefficient (Wildman–Crippen LogP) is 5.60. The number of rotatable bonds is 8. The molecule has 0 N–H and O–H groups in total. The van der Waals surface area contributed by atoms with Crippen LogP contribution in [0.4, 0.5) is 5.69 Å². The van der Waals surface area contributed by atoms with Crippen LogP contribution in [0, 0.1) is 10.1 Å². The van der Waals surface area contributed by atoms with Crippen LogP contribution in [0.1, 0.15) is 30.4 Å². The first-order chi connectivity index (χ1) is 15.1. The minimum atomic E-state index is -0.409. The van der Waals surface area contributed by atoms with Crippen LogP contribution >= 0.6 is 0 Å². The lowest BCUT2D eigenvalue weighted by Crippen LogP contribution is -2.46. The third kappa shape index (κ3) is 5.30. The molecule has 0 aromatic heterocycles. The van der Waals surface area contributed by atoms with Crippen molar-refractivity contribution in [3.05, 3.63) is 106 Å². The van der Waals surface area contributed by atoms with E-state index in [1.165, 1.54) is 17.7 Å². The van der Waals surface area contributed by atoms with E-state index in [-0.39, 0.29) is 10.6 Å². The van der Waals surface area contributed by atoms with Crippen LogP contribution in [-0.2, 0) is 12.0 Å². The highest BCUT2D eigenvalue weighted by atomic mass is 16.6. The molecule has 1 aliphatic heterocycles. The Bertz CT molecular complexity index is 967. The number of hydrogen-bond donors (Lipinski definition) is 0. The molecule has 5 nitrogen and oxygen atoms in total. The number of benzene rings is 3. The second kappa shape index (κ2) is 9.75. The van der Waals surface area contributed by atoms with Crippen molar-refractivity contribution < 1.29 is 9.66 Å². The summed E-state index contributed by atoms with van der Waals surface area (Å²) in [5.41, 5.74) is 2.22. The van der Waals surface area contributed by atoms with Crippen molar-refractivity contribution in [1.82, 2.24) is 4.90 Å². The van der Waals surface area contributed by atoms with Gasteiger partial charge in [-0.2, -0.15) is 0 Å². The highest BCUT2D eigenvalue weighted by Gasteiger charge is 2.38. The van der Waals surface area contributed by atoms with Crippen LogP contribution in [0.15, 0.2) is 84.9 Å². The van der Waals surface area contributed by atoms with Crippen LogP contribution in [0.25, 0.3) is 0 Å². The summed E-state index contributed by atoms with van der Waals surface area (Å²) in [4.78, 5) is 13.1. The van der Waals surface area contributed by atoms with Crippen molar-refractivity contribution in [2.75, 3.05) is 19.6 Å². The van der Waals surface area contributed by atoms with Gasteiger partial charge in [0.15, 0.2) is 0 Å². The number of piperidine rings is 1. The van der Waals surface area contributed by atoms with Gasteiger partial charge in [-0.15, -0.1) is 0 Å². The molecule has 1 fully saturated rings. The summed E-state index contributed by atoms with van der Waals surface area (Å²) in [7, 11) is 0. The highest BCUT2D eigenvalue weighted by Crippen LogP contribution is 2.38. The van der Waals surface area contributed by atoms with Crippen molar-refractivity contribution >= 4 is 5.69 Å². The number of nitro groups is 1. The Hall–Kier alpha value is -3.18. The van der Waals surface area contributed by atoms with Gasteiger partial charge in [0.05, 0.1) is 4.92 Å². The smallest absolute Gasteiger partial charge is 0.269 e. The van der Waals surface area contributed by atoms with E-state index < -0.39 is 5.60 Å². The van der Waals surface area contributed by atoms with Gasteiger partial charge in [-0.1, -0.05) is 60.7 Å². The zero-order valence-electron chi connectivity index (χ0n) is 17.7. The van der Waals surface area contributed by atoms with Crippen molar-refractivity contribution in [3.63, 3.8) is 0 Å². The summed E-state index contributed by atoms with van der Waals surface area (Å²) >= 11 is 0. The van der Waals surface area contributed by atoms with Crippen LogP contribution < -0.4 is 4.74 Å². The second-order valence-electron chi connectivity index (χ2n) is 8.14. The third-order valence-corrected chi connectivity index (χ3v) is 6.11. The molecule has 0 amide bonds. The number of aryl methyl sites for hydroxylation is 1. The monoisotopic (exact) mass is 416 g/mol. The molecule has 1 heterocycles. The standard InChI is InChI=1S/C26H28N2O3/c29-28(30)24-13-15-25(16-14-24)31-26(23-11-5-2-6-12-23)17-20-27(21-18-26)19-7-10-22-8-3-1-4-9-22/h1-6,8-9,11-16H,7,10,17-21H2. The molecule has 5 heteroatoms. The van der Waals surface area contributed by atoms with Gasteiger partial charge in [-0.3, -0.25) is 10.1 Å². The van der Waals surface area contributed by atoms with Gasteiger partial charge < -0.3 is 9.64 Å². The summed E-state index contributed by atoms with van der Waals surface area (Å²) in [5, 5.41) is 11.0. The molecule has 3 aromatic rings. The van der Waals surface area contributed by atoms with E-state index in [1.807, 2.05) is 18.2 Å². The topological polar surface area (TPSA) is 55.6 Å². The molecule has 0 spiro atoms. The molecule has 0 bridgehead atoms. The molecule has 0 atom stereocenters. The predicted molar refractivity (Wildman–Crippen MR) is 122 cm³/mol. The summed E-state index contributed by atoms with van der Waals surface area (Å²) in [6.45, 7) is 3.02. The lowest BCUT2D eigenvalue weighted by atomic mass is 9.84. The van der Waals surface area contributed by atoms with E-state index in [0.29, 0.717) is 5.75 Å². The average molecular weight is 417 g/mol. The Morgan fingerprint density at radius 3 is 2.10 bits per heavy atom. The van der Waals surface area contributed by atoms with Gasteiger partial charge >= 0.3 is 0 Å². The first-order valence-corrected chi connectivity index (χ1v) is 10.9. The van der Waals surface area contributed by atoms with Gasteiger partial charge in [0.2, 0.25) is 0 Å². The van der Waals surface area contributed by atoms with Crippen LogP contribution in [0.5, 0.6) is 5.75 Å². The molecular weight excluding hydrogens is 388 g/mol. The van der Waals surface area contributed by atoms with Crippen LogP contribution in [0.2, 0.25) is 0 Å². The molecule has 160 valence electrons. The minimum Gasteiger partial charge on any atom is -0.482 e. The molecule has 0 aliphatic carbocycles. The van der Waals surface area contributed by atoms with Gasteiger partial charge in [-0.25, -0.2) is 0 Å². The Morgan fingerprint density at radius 2 is 1.48 bits per heavy atom. The average Bonchev–Trinajstić information content (AvgIpc) is 2.82. The molecule has 3 aromatic carbocycles. The van der Waals surface area contributed by atoms with E-state index >= 15 is 0 Å². The second-order valence-corrected chi connectivity index (χ2v) is 8.14. The van der Waals surface area contributed by atoms with Crippen molar-refractivity contribution in [1.29, 1.82) is 0 Å². The van der Waals surface area contributed by atoms with Crippen molar-refractivity contribution in [2.24, 2.45) is 0 Å². The Labute approximate surface area is 183 Å². The molecule has 0 saturated carbocycles. The maximum Gasteiger partial charge on any atom is 0.269 e. The zero-order chi connectivity index (χ0) is 21.5. The maximum atomic E-state index is 11.0. The fourth-order valence-corrected chi connectivity index (χ4v) is 4.34. The fraction of sp³-hybridized carbons (Fsp3) is 0.308. The van der Waals surface area contributed by atoms with Crippen LogP contribution in [0.3, 0.4) is 0 Å². The summed E-state index contributed by atoms with van der Waals surface area (Å²) < 4.78 is 6.54. The lowest BCUT2D eigenvalue weighted by Gasteiger charge is -2.42. The Morgan fingerprint density at radius 1 is 0.871 bits per heavy atom. The molecular formula is C26H28N2O3. The fourth-order valence-electron chi connectivity index (χ4n) is 4.34. The first kappa shape index (κ1) is 21.1. The number of ether oxygens (including phenoxy) is 1. The van der Waals surface area contributed by atoms with Gasteiger partial charge in [-0.05, 0) is 42.6 Å². The SMILES string of the molecule is O=[N+]([O-])c1ccc(OC2(c3ccccc3)CCN(CCCc3ccccc3)CC2)cc1. The summed E-state index contributed by atoms with van der Waals surface area (Å²) in [5.74, 6) is 0.673. The molecule has 0 radical (unpaired) electrons. The largest absolute Gasteiger partial charge is 0.482 e. The maximum absolute atomic E-state index is 11.0. The number of likely N-dealkylation sites (tertiary alicyclic amines) is 1. The van der Waals surface area contributed by atoms with E-state index in [2.05, 4.69) is 47.4 Å². The third-order valence-electron chi connectivity index (χ3n) is 6.11. The number of nitro benzene ring substituents is 1. The zero-order valence-corrected chi connectivity index (χ0v) is 17.7. The summed E-state index contributed by atoms with van der Waals surface area (Å²) in [6.07, 6.45) is 4.02. The molecule has 1 saturated heterocycles. The number of nitrogens with zero attached hydrogens (tertiary/aromatic N) is 2. The van der Waals surface area contributed by atoms with E-state index in [9.17, 15) is 10.1 Å². The van der Waals surface area contributed by atoms with E-state index in [0.717, 1.165) is 50.9 Å². The van der Waals surface area contributed by atoms with Crippen molar-refractivity contribution in [3.8, 4) is 5.75 Å². The first-order valence-electron chi connectivity index (χ1n) is 10.9. The molecule has 0 unspecified atom stereocenters. The van der Waals surface area contributed by atoms with Gasteiger partial charge in [0, 0.05) is 38.1 Å². The number of hydrogen-bond acceptors (Lipinski definition) is 4. The van der Waals surface area contributed by atoms with E-state index in [4.69, 9.17) is 4.74 Å². The normalized spacial score (nSPS) is 16.0. The van der Waals surface area contributed by atoms with Gasteiger partial charge in [0.25, 0.3) is 5.69 Å². The lowest BCUT2D eigenvalue weighted by molar-refractivity contribution is -0.384. The summed E-state index contributed by atoms with van der Waals surface area (Å²) in [6, 6.07) is 27.4. The number of non-ortho nitro benzene ring substituents is 1. The molecule has 4 rings (SSSR count). The molecule has 31 heavy (non-hydrogen) atoms.